The minimum absolute atomic E-state index is 0.239. The van der Waals surface area contributed by atoms with Crippen LogP contribution in [0.5, 0.6) is 0 Å². The third kappa shape index (κ3) is 2.20. The number of imidazole rings is 1. The molecule has 0 unspecified atom stereocenters. The van der Waals surface area contributed by atoms with Gasteiger partial charge in [0.2, 0.25) is 0 Å². The molecule has 0 aliphatic carbocycles. The Labute approximate surface area is 109 Å². The van der Waals surface area contributed by atoms with E-state index in [2.05, 4.69) is 15.5 Å². The maximum atomic E-state index is 12.0. The first-order valence-corrected chi connectivity index (χ1v) is 5.82. The molecule has 3 heterocycles. The highest BCUT2D eigenvalue weighted by atomic mass is 16.5. The van der Waals surface area contributed by atoms with E-state index in [-0.39, 0.29) is 5.91 Å². The van der Waals surface area contributed by atoms with Crippen LogP contribution < -0.4 is 5.32 Å². The van der Waals surface area contributed by atoms with E-state index in [4.69, 9.17) is 4.52 Å². The van der Waals surface area contributed by atoms with Crippen molar-refractivity contribution in [2.24, 2.45) is 0 Å². The van der Waals surface area contributed by atoms with Crippen molar-refractivity contribution in [3.05, 3.63) is 47.6 Å². The van der Waals surface area contributed by atoms with Crippen LogP contribution in [0.25, 0.3) is 5.65 Å². The van der Waals surface area contributed by atoms with Crippen molar-refractivity contribution in [3.63, 3.8) is 0 Å². The molecule has 6 nitrogen and oxygen atoms in total. The standard InChI is InChI=1S/C13H12N4O2/c1-8-7-17-4-3-10(6-12(17)14-8)13(18)15-11-5-9(2)19-16-11/h3-7H,1-2H3,(H,15,16,18). The number of nitrogens with one attached hydrogen (secondary N) is 1. The summed E-state index contributed by atoms with van der Waals surface area (Å²) in [5, 5.41) is 6.39. The first kappa shape index (κ1) is 11.5. The highest BCUT2D eigenvalue weighted by molar-refractivity contribution is 6.04. The topological polar surface area (TPSA) is 72.4 Å². The van der Waals surface area contributed by atoms with E-state index in [1.807, 2.05) is 17.5 Å². The largest absolute Gasteiger partial charge is 0.360 e. The van der Waals surface area contributed by atoms with E-state index in [0.717, 1.165) is 11.3 Å². The highest BCUT2D eigenvalue weighted by Gasteiger charge is 2.10. The summed E-state index contributed by atoms with van der Waals surface area (Å²) in [5.41, 5.74) is 2.17. The van der Waals surface area contributed by atoms with E-state index in [9.17, 15) is 4.79 Å². The number of hydrogen-bond acceptors (Lipinski definition) is 4. The van der Waals surface area contributed by atoms with Crippen molar-refractivity contribution in [2.75, 3.05) is 5.32 Å². The third-order valence-corrected chi connectivity index (χ3v) is 2.71. The molecule has 1 amide bonds. The van der Waals surface area contributed by atoms with Crippen LogP contribution in [0, 0.1) is 13.8 Å². The number of aromatic nitrogens is 3. The van der Waals surface area contributed by atoms with Crippen LogP contribution in [0.4, 0.5) is 5.82 Å². The quantitative estimate of drug-likeness (QED) is 0.762. The molecule has 0 bridgehead atoms. The molecule has 3 aromatic heterocycles. The van der Waals surface area contributed by atoms with E-state index < -0.39 is 0 Å². The van der Waals surface area contributed by atoms with E-state index in [1.165, 1.54) is 0 Å². The molecule has 3 aromatic rings. The SMILES string of the molecule is Cc1cn2ccc(C(=O)Nc3cc(C)on3)cc2n1. The lowest BCUT2D eigenvalue weighted by molar-refractivity contribution is 0.102. The van der Waals surface area contributed by atoms with Gasteiger partial charge in [-0.1, -0.05) is 5.16 Å². The van der Waals surface area contributed by atoms with E-state index >= 15 is 0 Å². The second kappa shape index (κ2) is 4.24. The summed E-state index contributed by atoms with van der Waals surface area (Å²) >= 11 is 0. The second-order valence-electron chi connectivity index (χ2n) is 4.34. The Morgan fingerprint density at radius 3 is 2.95 bits per heavy atom. The number of carbonyl (C=O) groups excluding carboxylic acids is 1. The fourth-order valence-corrected chi connectivity index (χ4v) is 1.86. The average molecular weight is 256 g/mol. The number of pyridine rings is 1. The number of amides is 1. The molecule has 6 heteroatoms. The smallest absolute Gasteiger partial charge is 0.257 e. The Balaban J connectivity index is 1.88. The lowest BCUT2D eigenvalue weighted by Crippen LogP contribution is -2.12. The molecule has 0 saturated heterocycles. The lowest BCUT2D eigenvalue weighted by Gasteiger charge is -2.01. The molecule has 0 atom stereocenters. The van der Waals surface area contributed by atoms with Crippen LogP contribution in [0.2, 0.25) is 0 Å². The number of nitrogens with zero attached hydrogens (tertiary/aromatic N) is 3. The zero-order valence-corrected chi connectivity index (χ0v) is 10.5. The van der Waals surface area contributed by atoms with Crippen molar-refractivity contribution in [3.8, 4) is 0 Å². The van der Waals surface area contributed by atoms with Crippen LogP contribution >= 0.6 is 0 Å². The predicted octanol–water partition coefficient (Wildman–Crippen LogP) is 2.19. The Bertz CT molecular complexity index is 757. The van der Waals surface area contributed by atoms with Crippen LogP contribution in [-0.4, -0.2) is 20.4 Å². The van der Waals surface area contributed by atoms with Crippen LogP contribution in [0.1, 0.15) is 21.8 Å². The molecule has 3 rings (SSSR count). The number of fused-ring (bicyclic) bond motifs is 1. The van der Waals surface area contributed by atoms with E-state index in [0.29, 0.717) is 17.1 Å². The summed E-state index contributed by atoms with van der Waals surface area (Å²) in [7, 11) is 0. The molecule has 19 heavy (non-hydrogen) atoms. The van der Waals surface area contributed by atoms with Crippen LogP contribution in [0.3, 0.4) is 0 Å². The van der Waals surface area contributed by atoms with Gasteiger partial charge in [-0.05, 0) is 26.0 Å². The van der Waals surface area contributed by atoms with Gasteiger partial charge in [0, 0.05) is 24.0 Å². The van der Waals surface area contributed by atoms with Crippen molar-refractivity contribution < 1.29 is 9.32 Å². The molecule has 0 spiro atoms. The number of hydrogen-bond donors (Lipinski definition) is 1. The van der Waals surface area contributed by atoms with Gasteiger partial charge >= 0.3 is 0 Å². The molecule has 0 aliphatic heterocycles. The molecule has 0 aliphatic rings. The van der Waals surface area contributed by atoms with Crippen LogP contribution in [0.15, 0.2) is 35.1 Å². The van der Waals surface area contributed by atoms with Gasteiger partial charge in [0.05, 0.1) is 5.69 Å². The third-order valence-electron chi connectivity index (χ3n) is 2.71. The van der Waals surface area contributed by atoms with Gasteiger partial charge in [0.15, 0.2) is 5.82 Å². The summed E-state index contributed by atoms with van der Waals surface area (Å²) in [6.07, 6.45) is 3.70. The fraction of sp³-hybridized carbons (Fsp3) is 0.154. The zero-order chi connectivity index (χ0) is 13.4. The first-order valence-electron chi connectivity index (χ1n) is 5.82. The molecule has 0 aromatic carbocycles. The van der Waals surface area contributed by atoms with Gasteiger partial charge in [-0.15, -0.1) is 0 Å². The minimum atomic E-state index is -0.239. The summed E-state index contributed by atoms with van der Waals surface area (Å²) < 4.78 is 6.76. The van der Waals surface area contributed by atoms with Gasteiger partial charge in [-0.3, -0.25) is 4.79 Å². The second-order valence-corrected chi connectivity index (χ2v) is 4.34. The van der Waals surface area contributed by atoms with Crippen molar-refractivity contribution in [2.45, 2.75) is 13.8 Å². The summed E-state index contributed by atoms with van der Waals surface area (Å²) in [6, 6.07) is 5.13. The zero-order valence-electron chi connectivity index (χ0n) is 10.5. The average Bonchev–Trinajstić information content (AvgIpc) is 2.93. The Morgan fingerprint density at radius 2 is 2.21 bits per heavy atom. The molecule has 0 radical (unpaired) electrons. The van der Waals surface area contributed by atoms with Gasteiger partial charge < -0.3 is 14.2 Å². The number of carbonyl (C=O) groups is 1. The summed E-state index contributed by atoms with van der Waals surface area (Å²) in [5.74, 6) is 0.813. The van der Waals surface area contributed by atoms with Gasteiger partial charge in [0.1, 0.15) is 11.4 Å². The van der Waals surface area contributed by atoms with E-state index in [1.54, 1.807) is 31.3 Å². The number of anilines is 1. The molecule has 0 fully saturated rings. The molecule has 1 N–H and O–H groups in total. The summed E-state index contributed by atoms with van der Waals surface area (Å²) in [4.78, 5) is 16.4. The first-order chi connectivity index (χ1) is 9.11. The molecule has 96 valence electrons. The fourth-order valence-electron chi connectivity index (χ4n) is 1.86. The maximum Gasteiger partial charge on any atom is 0.257 e. The number of rotatable bonds is 2. The highest BCUT2D eigenvalue weighted by Crippen LogP contribution is 2.12. The van der Waals surface area contributed by atoms with Gasteiger partial charge in [0.25, 0.3) is 5.91 Å². The molecular weight excluding hydrogens is 244 g/mol. The van der Waals surface area contributed by atoms with Crippen molar-refractivity contribution in [1.29, 1.82) is 0 Å². The number of aryl methyl sites for hydroxylation is 2. The lowest BCUT2D eigenvalue weighted by atomic mass is 10.2. The Kier molecular flexibility index (Phi) is 2.56. The normalized spacial score (nSPS) is 10.8. The maximum absolute atomic E-state index is 12.0. The Morgan fingerprint density at radius 1 is 1.37 bits per heavy atom. The minimum Gasteiger partial charge on any atom is -0.360 e. The van der Waals surface area contributed by atoms with Gasteiger partial charge in [-0.2, -0.15) is 0 Å². The van der Waals surface area contributed by atoms with Crippen LogP contribution in [-0.2, 0) is 0 Å². The monoisotopic (exact) mass is 256 g/mol. The summed E-state index contributed by atoms with van der Waals surface area (Å²) in [6.45, 7) is 3.67. The van der Waals surface area contributed by atoms with Crippen molar-refractivity contribution >= 4 is 17.4 Å². The molecular formula is C13H12N4O2. The van der Waals surface area contributed by atoms with Gasteiger partial charge in [-0.25, -0.2) is 4.98 Å². The Hall–Kier alpha value is -2.63. The van der Waals surface area contributed by atoms with Crippen molar-refractivity contribution in [1.82, 2.24) is 14.5 Å². The predicted molar refractivity (Wildman–Crippen MR) is 69.1 cm³/mol. The molecule has 0 saturated carbocycles.